The van der Waals surface area contributed by atoms with Gasteiger partial charge >= 0.3 is 0 Å². The zero-order valence-electron chi connectivity index (χ0n) is 5.34. The van der Waals surface area contributed by atoms with Crippen molar-refractivity contribution in [2.24, 2.45) is 0 Å². The van der Waals surface area contributed by atoms with E-state index in [1.807, 2.05) is 0 Å². The third-order valence-electron chi connectivity index (χ3n) is 1.50. The molecule has 51 valence electrons. The van der Waals surface area contributed by atoms with Crippen molar-refractivity contribution < 1.29 is 4.79 Å². The van der Waals surface area contributed by atoms with Gasteiger partial charge in [0.1, 0.15) is 0 Å². The third kappa shape index (κ3) is 2.01. The van der Waals surface area contributed by atoms with E-state index in [4.69, 9.17) is 0 Å². The molecule has 0 spiro atoms. The molecule has 3 heteroatoms. The maximum atomic E-state index is 9.90. The molecule has 1 amide bonds. The number of amides is 1. The van der Waals surface area contributed by atoms with Crippen molar-refractivity contribution in [1.82, 2.24) is 10.6 Å². The van der Waals surface area contributed by atoms with Crippen molar-refractivity contribution in [3.63, 3.8) is 0 Å². The van der Waals surface area contributed by atoms with E-state index in [0.717, 1.165) is 19.4 Å². The molecule has 0 bridgehead atoms. The van der Waals surface area contributed by atoms with Crippen LogP contribution in [0.15, 0.2) is 0 Å². The zero-order valence-corrected chi connectivity index (χ0v) is 5.34. The van der Waals surface area contributed by atoms with Crippen molar-refractivity contribution in [2.75, 3.05) is 6.54 Å². The van der Waals surface area contributed by atoms with Crippen molar-refractivity contribution >= 4 is 6.41 Å². The predicted molar refractivity (Wildman–Crippen MR) is 33.8 cm³/mol. The maximum absolute atomic E-state index is 9.90. The molecule has 1 rings (SSSR count). The Kier molecular flexibility index (Phi) is 2.51. The molecule has 0 aromatic rings. The molecule has 1 N–H and O–H groups in total. The molecule has 0 saturated carbocycles. The number of carbonyl (C=O) groups is 1. The lowest BCUT2D eigenvalue weighted by atomic mass is 10.1. The number of nitrogens with zero attached hydrogens (tertiary/aromatic N) is 1. The molecule has 1 aliphatic heterocycles. The number of nitrogens with one attached hydrogen (secondary N) is 1. The van der Waals surface area contributed by atoms with E-state index >= 15 is 0 Å². The number of piperidine rings is 1. The topological polar surface area (TPSA) is 43.2 Å². The molecule has 1 aliphatic rings. The fourth-order valence-corrected chi connectivity index (χ4v) is 1.00. The van der Waals surface area contributed by atoms with Gasteiger partial charge in [0.15, 0.2) is 0 Å². The van der Waals surface area contributed by atoms with Gasteiger partial charge in [-0.15, -0.1) is 0 Å². The first-order valence-electron chi connectivity index (χ1n) is 3.30. The Morgan fingerprint density at radius 2 is 2.44 bits per heavy atom. The Morgan fingerprint density at radius 1 is 1.56 bits per heavy atom. The van der Waals surface area contributed by atoms with Crippen LogP contribution in [0.3, 0.4) is 0 Å². The lowest BCUT2D eigenvalue weighted by Crippen LogP contribution is -2.39. The van der Waals surface area contributed by atoms with E-state index in [1.54, 1.807) is 0 Å². The first-order valence-corrected chi connectivity index (χ1v) is 3.30. The average molecular weight is 127 g/mol. The summed E-state index contributed by atoms with van der Waals surface area (Å²) >= 11 is 0. The number of hydrogen-bond donors (Lipinski definition) is 1. The van der Waals surface area contributed by atoms with Crippen LogP contribution in [0, 0.1) is 0 Å². The van der Waals surface area contributed by atoms with Crippen LogP contribution in [0.5, 0.6) is 0 Å². The summed E-state index contributed by atoms with van der Waals surface area (Å²) in [5.74, 6) is 0. The Balaban J connectivity index is 2.15. The summed E-state index contributed by atoms with van der Waals surface area (Å²) in [6.45, 7) is 0.908. The van der Waals surface area contributed by atoms with Crippen LogP contribution < -0.4 is 10.6 Å². The smallest absolute Gasteiger partial charge is 0.208 e. The quantitative estimate of drug-likeness (QED) is 0.515. The van der Waals surface area contributed by atoms with Crippen LogP contribution in [0.2, 0.25) is 0 Å². The predicted octanol–water partition coefficient (Wildman–Crippen LogP) is -0.153. The second-order valence-electron chi connectivity index (χ2n) is 2.20. The first kappa shape index (κ1) is 6.55. The molecule has 3 nitrogen and oxygen atoms in total. The average Bonchev–Trinajstić information content (AvgIpc) is 1.91. The first-order chi connectivity index (χ1) is 4.43. The van der Waals surface area contributed by atoms with E-state index in [0.29, 0.717) is 0 Å². The number of hydrogen-bond acceptors (Lipinski definition) is 1. The fraction of sp³-hybridized carbons (Fsp3) is 0.833. The molecule has 0 aromatic heterocycles. The van der Waals surface area contributed by atoms with Crippen molar-refractivity contribution in [3.05, 3.63) is 0 Å². The second kappa shape index (κ2) is 3.45. The molecule has 1 atom stereocenters. The Labute approximate surface area is 54.8 Å². The minimum atomic E-state index is 0.108. The van der Waals surface area contributed by atoms with E-state index in [2.05, 4.69) is 10.6 Å². The fourth-order valence-electron chi connectivity index (χ4n) is 1.00. The number of carbonyl (C=O) groups excluding carboxylic acids is 1. The minimum Gasteiger partial charge on any atom is -0.342 e. The van der Waals surface area contributed by atoms with Gasteiger partial charge in [0.25, 0.3) is 0 Å². The molecule has 0 aromatic carbocycles. The molecular formula is C6H11N2O. The molecule has 1 heterocycles. The molecule has 1 fully saturated rings. The van der Waals surface area contributed by atoms with Gasteiger partial charge in [-0.05, 0) is 19.3 Å². The van der Waals surface area contributed by atoms with Gasteiger partial charge in [-0.2, -0.15) is 0 Å². The molecule has 1 radical (unpaired) electrons. The number of rotatable bonds is 2. The largest absolute Gasteiger partial charge is 0.342 e. The third-order valence-corrected chi connectivity index (χ3v) is 1.50. The molecule has 0 aliphatic carbocycles. The van der Waals surface area contributed by atoms with Crippen LogP contribution in [0.25, 0.3) is 0 Å². The van der Waals surface area contributed by atoms with Crippen LogP contribution in [0.4, 0.5) is 0 Å². The van der Waals surface area contributed by atoms with Gasteiger partial charge < -0.3 is 5.32 Å². The summed E-state index contributed by atoms with van der Waals surface area (Å²) in [5, 5.41) is 6.81. The van der Waals surface area contributed by atoms with Crippen molar-refractivity contribution in [3.8, 4) is 0 Å². The zero-order chi connectivity index (χ0) is 6.53. The standard InChI is InChI=1S/C6H11N2O/c9-5-8-6-3-1-2-4-7-6/h5-6H,1-4H2,(H,8,9). The highest BCUT2D eigenvalue weighted by atomic mass is 16.1. The lowest BCUT2D eigenvalue weighted by Gasteiger charge is -2.19. The molecule has 9 heavy (non-hydrogen) atoms. The maximum Gasteiger partial charge on any atom is 0.208 e. The summed E-state index contributed by atoms with van der Waals surface area (Å²) in [7, 11) is 0. The summed E-state index contributed by atoms with van der Waals surface area (Å²) in [6.07, 6.45) is 4.21. The Hall–Kier alpha value is -0.570. The summed E-state index contributed by atoms with van der Waals surface area (Å²) < 4.78 is 0. The molecular weight excluding hydrogens is 116 g/mol. The summed E-state index contributed by atoms with van der Waals surface area (Å²) in [4.78, 5) is 9.90. The summed E-state index contributed by atoms with van der Waals surface area (Å²) in [6, 6.07) is 0. The highest BCUT2D eigenvalue weighted by molar-refractivity contribution is 5.46. The Bertz CT molecular complexity index is 89.1. The van der Waals surface area contributed by atoms with Gasteiger partial charge in [0, 0.05) is 6.54 Å². The van der Waals surface area contributed by atoms with Crippen LogP contribution in [-0.2, 0) is 4.79 Å². The summed E-state index contributed by atoms with van der Waals surface area (Å²) in [5.41, 5.74) is 0. The van der Waals surface area contributed by atoms with Crippen molar-refractivity contribution in [1.29, 1.82) is 0 Å². The minimum absolute atomic E-state index is 0.108. The van der Waals surface area contributed by atoms with Crippen LogP contribution in [-0.4, -0.2) is 19.1 Å². The van der Waals surface area contributed by atoms with E-state index in [9.17, 15) is 4.79 Å². The van der Waals surface area contributed by atoms with E-state index in [1.165, 1.54) is 12.8 Å². The monoisotopic (exact) mass is 127 g/mol. The molecule has 1 unspecified atom stereocenters. The second-order valence-corrected chi connectivity index (χ2v) is 2.20. The van der Waals surface area contributed by atoms with Crippen LogP contribution in [0.1, 0.15) is 19.3 Å². The lowest BCUT2D eigenvalue weighted by molar-refractivity contribution is -0.110. The van der Waals surface area contributed by atoms with Gasteiger partial charge in [-0.1, -0.05) is 0 Å². The van der Waals surface area contributed by atoms with Gasteiger partial charge in [-0.3, -0.25) is 4.79 Å². The SMILES string of the molecule is O=CNC1CCCC[N]1. The van der Waals surface area contributed by atoms with Gasteiger partial charge in [0.2, 0.25) is 6.41 Å². The van der Waals surface area contributed by atoms with Gasteiger partial charge in [-0.25, -0.2) is 5.32 Å². The van der Waals surface area contributed by atoms with E-state index in [-0.39, 0.29) is 6.17 Å². The Morgan fingerprint density at radius 3 is 3.00 bits per heavy atom. The van der Waals surface area contributed by atoms with Crippen molar-refractivity contribution in [2.45, 2.75) is 25.4 Å². The van der Waals surface area contributed by atoms with Gasteiger partial charge in [0.05, 0.1) is 6.17 Å². The van der Waals surface area contributed by atoms with Crippen LogP contribution >= 0.6 is 0 Å². The molecule has 1 saturated heterocycles. The van der Waals surface area contributed by atoms with E-state index < -0.39 is 0 Å². The highest BCUT2D eigenvalue weighted by Gasteiger charge is 2.10. The normalized spacial score (nSPS) is 27.3. The highest BCUT2D eigenvalue weighted by Crippen LogP contribution is 2.04.